The van der Waals surface area contributed by atoms with E-state index in [9.17, 15) is 8.78 Å². The molecular weight excluding hydrogens is 184 g/mol. The molecule has 0 saturated carbocycles. The van der Waals surface area contributed by atoms with Gasteiger partial charge < -0.3 is 5.32 Å². The molecule has 1 aliphatic rings. The third-order valence-electron chi connectivity index (χ3n) is 2.61. The van der Waals surface area contributed by atoms with E-state index < -0.39 is 11.6 Å². The van der Waals surface area contributed by atoms with E-state index in [0.29, 0.717) is 5.92 Å². The Labute approximate surface area is 82.1 Å². The van der Waals surface area contributed by atoms with Gasteiger partial charge in [-0.1, -0.05) is 0 Å². The molecule has 1 atom stereocenters. The van der Waals surface area contributed by atoms with Crippen LogP contribution in [0.5, 0.6) is 0 Å². The first-order valence-corrected chi connectivity index (χ1v) is 4.90. The van der Waals surface area contributed by atoms with Gasteiger partial charge in [0.1, 0.15) is 11.6 Å². The Hall–Kier alpha value is -0.960. The van der Waals surface area contributed by atoms with E-state index in [0.717, 1.165) is 37.6 Å². The molecule has 14 heavy (non-hydrogen) atoms. The second kappa shape index (κ2) is 4.05. The van der Waals surface area contributed by atoms with Crippen molar-refractivity contribution in [2.75, 3.05) is 13.1 Å². The number of nitrogens with one attached hydrogen (secondary N) is 1. The second-order valence-electron chi connectivity index (χ2n) is 3.84. The van der Waals surface area contributed by atoms with Gasteiger partial charge in [-0.25, -0.2) is 8.78 Å². The zero-order valence-corrected chi connectivity index (χ0v) is 7.89. The van der Waals surface area contributed by atoms with Gasteiger partial charge in [0.05, 0.1) is 0 Å². The molecule has 3 heteroatoms. The van der Waals surface area contributed by atoms with Crippen LogP contribution in [0.4, 0.5) is 8.78 Å². The molecule has 1 N–H and O–H groups in total. The van der Waals surface area contributed by atoms with Crippen molar-refractivity contribution in [1.82, 2.24) is 5.32 Å². The Morgan fingerprint density at radius 1 is 1.21 bits per heavy atom. The largest absolute Gasteiger partial charge is 0.316 e. The summed E-state index contributed by atoms with van der Waals surface area (Å²) in [5.74, 6) is -0.437. The van der Waals surface area contributed by atoms with Crippen molar-refractivity contribution in [2.24, 2.45) is 5.92 Å². The molecule has 1 saturated heterocycles. The molecule has 1 unspecified atom stereocenters. The van der Waals surface area contributed by atoms with Gasteiger partial charge in [0, 0.05) is 6.07 Å². The highest BCUT2D eigenvalue weighted by atomic mass is 19.1. The van der Waals surface area contributed by atoms with Crippen molar-refractivity contribution in [3.8, 4) is 0 Å². The first-order valence-electron chi connectivity index (χ1n) is 4.90. The molecule has 0 amide bonds. The fraction of sp³-hybridized carbons (Fsp3) is 0.455. The smallest absolute Gasteiger partial charge is 0.126 e. The van der Waals surface area contributed by atoms with Crippen LogP contribution in [-0.2, 0) is 6.42 Å². The number of halogens is 2. The predicted molar refractivity (Wildman–Crippen MR) is 51.0 cm³/mol. The topological polar surface area (TPSA) is 12.0 Å². The van der Waals surface area contributed by atoms with E-state index >= 15 is 0 Å². The molecule has 2 rings (SSSR count). The van der Waals surface area contributed by atoms with Crippen molar-refractivity contribution >= 4 is 0 Å². The van der Waals surface area contributed by atoms with E-state index in [1.165, 1.54) is 12.1 Å². The second-order valence-corrected chi connectivity index (χ2v) is 3.84. The Morgan fingerprint density at radius 2 is 1.93 bits per heavy atom. The molecule has 0 radical (unpaired) electrons. The predicted octanol–water partition coefficient (Wildman–Crippen LogP) is 2.12. The molecule has 1 heterocycles. The summed E-state index contributed by atoms with van der Waals surface area (Å²) in [6.07, 6.45) is 1.86. The van der Waals surface area contributed by atoms with Gasteiger partial charge in [-0.05, 0) is 49.5 Å². The normalized spacial score (nSPS) is 21.4. The standard InChI is InChI=1S/C11H13F2N/c12-10-4-9(5-11(13)6-10)3-8-1-2-14-7-8/h4-6,8,14H,1-3,7H2. The minimum Gasteiger partial charge on any atom is -0.316 e. The lowest BCUT2D eigenvalue weighted by molar-refractivity contribution is 0.555. The zero-order chi connectivity index (χ0) is 9.97. The highest BCUT2D eigenvalue weighted by Gasteiger charge is 2.15. The Morgan fingerprint density at radius 3 is 2.50 bits per heavy atom. The summed E-state index contributed by atoms with van der Waals surface area (Å²) in [6, 6.07) is 3.75. The third kappa shape index (κ3) is 2.29. The summed E-state index contributed by atoms with van der Waals surface area (Å²) >= 11 is 0. The van der Waals surface area contributed by atoms with Crippen LogP contribution in [0.2, 0.25) is 0 Å². The SMILES string of the molecule is Fc1cc(F)cc(CC2CCNC2)c1. The summed E-state index contributed by atoms with van der Waals surface area (Å²) in [7, 11) is 0. The van der Waals surface area contributed by atoms with Gasteiger partial charge in [0.2, 0.25) is 0 Å². The number of benzene rings is 1. The average molecular weight is 197 g/mol. The lowest BCUT2D eigenvalue weighted by Gasteiger charge is -2.08. The lowest BCUT2D eigenvalue weighted by Crippen LogP contribution is -2.10. The summed E-state index contributed by atoms with van der Waals surface area (Å²) in [5, 5.41) is 3.23. The number of hydrogen-bond acceptors (Lipinski definition) is 1. The summed E-state index contributed by atoms with van der Waals surface area (Å²) in [6.45, 7) is 1.97. The minimum atomic E-state index is -0.481. The van der Waals surface area contributed by atoms with Gasteiger partial charge in [-0.3, -0.25) is 0 Å². The van der Waals surface area contributed by atoms with Crippen LogP contribution in [0.3, 0.4) is 0 Å². The quantitative estimate of drug-likeness (QED) is 0.765. The molecular formula is C11H13F2N. The van der Waals surface area contributed by atoms with E-state index in [1.807, 2.05) is 0 Å². The molecule has 76 valence electrons. The van der Waals surface area contributed by atoms with E-state index in [1.54, 1.807) is 0 Å². The van der Waals surface area contributed by atoms with Crippen LogP contribution < -0.4 is 5.32 Å². The number of rotatable bonds is 2. The van der Waals surface area contributed by atoms with Gasteiger partial charge in [-0.15, -0.1) is 0 Å². The van der Waals surface area contributed by atoms with E-state index in [-0.39, 0.29) is 0 Å². The first kappa shape index (κ1) is 9.59. The maximum absolute atomic E-state index is 12.8. The molecule has 0 aromatic heterocycles. The van der Waals surface area contributed by atoms with Gasteiger partial charge in [-0.2, -0.15) is 0 Å². The molecule has 0 spiro atoms. The van der Waals surface area contributed by atoms with Crippen LogP contribution in [0.1, 0.15) is 12.0 Å². The van der Waals surface area contributed by atoms with Crippen LogP contribution in [0, 0.1) is 17.6 Å². The van der Waals surface area contributed by atoms with E-state index in [2.05, 4.69) is 5.32 Å². The van der Waals surface area contributed by atoms with Crippen LogP contribution in [0.25, 0.3) is 0 Å². The molecule has 1 aliphatic heterocycles. The van der Waals surface area contributed by atoms with Crippen molar-refractivity contribution in [3.05, 3.63) is 35.4 Å². The fourth-order valence-corrected chi connectivity index (χ4v) is 1.95. The Kier molecular flexibility index (Phi) is 2.77. The molecule has 0 bridgehead atoms. The average Bonchev–Trinajstić information content (AvgIpc) is 2.54. The molecule has 0 aliphatic carbocycles. The lowest BCUT2D eigenvalue weighted by atomic mass is 9.99. The van der Waals surface area contributed by atoms with Gasteiger partial charge >= 0.3 is 0 Å². The van der Waals surface area contributed by atoms with Crippen molar-refractivity contribution in [3.63, 3.8) is 0 Å². The Balaban J connectivity index is 2.07. The number of hydrogen-bond donors (Lipinski definition) is 1. The van der Waals surface area contributed by atoms with Gasteiger partial charge in [0.25, 0.3) is 0 Å². The van der Waals surface area contributed by atoms with Gasteiger partial charge in [0.15, 0.2) is 0 Å². The summed E-state index contributed by atoms with van der Waals surface area (Å²) in [4.78, 5) is 0. The maximum atomic E-state index is 12.8. The maximum Gasteiger partial charge on any atom is 0.126 e. The highest BCUT2D eigenvalue weighted by Crippen LogP contribution is 2.16. The molecule has 1 aromatic carbocycles. The summed E-state index contributed by atoms with van der Waals surface area (Å²) in [5.41, 5.74) is 0.760. The fourth-order valence-electron chi connectivity index (χ4n) is 1.95. The van der Waals surface area contributed by atoms with Crippen molar-refractivity contribution < 1.29 is 8.78 Å². The molecule has 1 nitrogen and oxygen atoms in total. The van der Waals surface area contributed by atoms with Crippen LogP contribution in [-0.4, -0.2) is 13.1 Å². The minimum absolute atomic E-state index is 0.481. The van der Waals surface area contributed by atoms with Crippen molar-refractivity contribution in [1.29, 1.82) is 0 Å². The van der Waals surface area contributed by atoms with E-state index in [4.69, 9.17) is 0 Å². The monoisotopic (exact) mass is 197 g/mol. The zero-order valence-electron chi connectivity index (χ0n) is 7.89. The third-order valence-corrected chi connectivity index (χ3v) is 2.61. The van der Waals surface area contributed by atoms with Crippen molar-refractivity contribution in [2.45, 2.75) is 12.8 Å². The highest BCUT2D eigenvalue weighted by molar-refractivity contribution is 5.18. The Bertz CT molecular complexity index is 299. The molecule has 1 aromatic rings. The van der Waals surface area contributed by atoms with Crippen LogP contribution >= 0.6 is 0 Å². The summed E-state index contributed by atoms with van der Waals surface area (Å²) < 4.78 is 25.7. The van der Waals surface area contributed by atoms with Crippen LogP contribution in [0.15, 0.2) is 18.2 Å². The molecule has 1 fully saturated rings. The first-order chi connectivity index (χ1) is 6.74.